The van der Waals surface area contributed by atoms with Crippen LogP contribution in [0.4, 0.5) is 0 Å². The normalized spacial score (nSPS) is 9.78. The molecule has 4 heteroatoms. The van der Waals surface area contributed by atoms with E-state index < -0.39 is 0 Å². The first-order valence-electron chi connectivity index (χ1n) is 6.09. The molecule has 0 saturated carbocycles. The number of hydrogen-bond acceptors (Lipinski definition) is 3. The Kier molecular flexibility index (Phi) is 6.52. The standard InChI is InChI=1S/C14H18N2O2/c1-2-18-10-4-9-16-14(17)13-6-3-5-12(11-13)7-8-15/h3,5-6,11H,2,4,7,9-10H2,1H3,(H,16,17). The van der Waals surface area contributed by atoms with E-state index >= 15 is 0 Å². The molecule has 0 fully saturated rings. The molecule has 0 atom stereocenters. The molecule has 0 aliphatic heterocycles. The summed E-state index contributed by atoms with van der Waals surface area (Å²) in [6.07, 6.45) is 1.13. The predicted octanol–water partition coefficient (Wildman–Crippen LogP) is 1.91. The lowest BCUT2D eigenvalue weighted by molar-refractivity contribution is 0.0944. The van der Waals surface area contributed by atoms with E-state index in [1.807, 2.05) is 13.0 Å². The summed E-state index contributed by atoms with van der Waals surface area (Å²) in [6, 6.07) is 9.20. The summed E-state index contributed by atoms with van der Waals surface area (Å²) in [5.74, 6) is -0.105. The van der Waals surface area contributed by atoms with E-state index in [1.54, 1.807) is 18.2 Å². The highest BCUT2D eigenvalue weighted by Crippen LogP contribution is 2.05. The third kappa shape index (κ3) is 4.98. The maximum absolute atomic E-state index is 11.8. The molecule has 4 nitrogen and oxygen atoms in total. The highest BCUT2D eigenvalue weighted by molar-refractivity contribution is 5.94. The van der Waals surface area contributed by atoms with E-state index in [-0.39, 0.29) is 5.91 Å². The average Bonchev–Trinajstić information content (AvgIpc) is 2.39. The quantitative estimate of drug-likeness (QED) is 0.747. The third-order valence-corrected chi connectivity index (χ3v) is 2.43. The van der Waals surface area contributed by atoms with Gasteiger partial charge in [-0.15, -0.1) is 0 Å². The van der Waals surface area contributed by atoms with Gasteiger partial charge in [0.05, 0.1) is 12.5 Å². The lowest BCUT2D eigenvalue weighted by Crippen LogP contribution is -2.25. The third-order valence-electron chi connectivity index (χ3n) is 2.43. The van der Waals surface area contributed by atoms with E-state index in [1.165, 1.54) is 0 Å². The number of amides is 1. The Morgan fingerprint density at radius 3 is 3.06 bits per heavy atom. The van der Waals surface area contributed by atoms with Crippen LogP contribution in [0, 0.1) is 11.3 Å². The second kappa shape index (κ2) is 8.26. The van der Waals surface area contributed by atoms with Gasteiger partial charge in [-0.05, 0) is 31.0 Å². The van der Waals surface area contributed by atoms with Crippen molar-refractivity contribution in [3.63, 3.8) is 0 Å². The molecule has 18 heavy (non-hydrogen) atoms. The maximum Gasteiger partial charge on any atom is 0.251 e. The van der Waals surface area contributed by atoms with Crippen molar-refractivity contribution in [2.75, 3.05) is 19.8 Å². The Hall–Kier alpha value is -1.86. The molecule has 0 aliphatic rings. The van der Waals surface area contributed by atoms with Crippen LogP contribution >= 0.6 is 0 Å². The first kappa shape index (κ1) is 14.2. The van der Waals surface area contributed by atoms with Crippen molar-refractivity contribution < 1.29 is 9.53 Å². The maximum atomic E-state index is 11.8. The van der Waals surface area contributed by atoms with Crippen LogP contribution < -0.4 is 5.32 Å². The fourth-order valence-electron chi connectivity index (χ4n) is 1.54. The Labute approximate surface area is 108 Å². The fourth-order valence-corrected chi connectivity index (χ4v) is 1.54. The summed E-state index contributed by atoms with van der Waals surface area (Å²) >= 11 is 0. The molecule has 0 spiro atoms. The van der Waals surface area contributed by atoms with Crippen LogP contribution in [0.3, 0.4) is 0 Å². The average molecular weight is 246 g/mol. The van der Waals surface area contributed by atoms with E-state index in [4.69, 9.17) is 10.00 Å². The molecule has 0 radical (unpaired) electrons. The first-order valence-corrected chi connectivity index (χ1v) is 6.09. The smallest absolute Gasteiger partial charge is 0.251 e. The number of nitrogens with zero attached hydrogens (tertiary/aromatic N) is 1. The van der Waals surface area contributed by atoms with Crippen LogP contribution in [-0.4, -0.2) is 25.7 Å². The fraction of sp³-hybridized carbons (Fsp3) is 0.429. The van der Waals surface area contributed by atoms with Crippen LogP contribution in [-0.2, 0) is 11.2 Å². The minimum absolute atomic E-state index is 0.105. The minimum Gasteiger partial charge on any atom is -0.382 e. The Morgan fingerprint density at radius 2 is 2.33 bits per heavy atom. The van der Waals surface area contributed by atoms with E-state index in [2.05, 4.69) is 11.4 Å². The van der Waals surface area contributed by atoms with Gasteiger partial charge in [0.2, 0.25) is 0 Å². The summed E-state index contributed by atoms with van der Waals surface area (Å²) in [4.78, 5) is 11.8. The van der Waals surface area contributed by atoms with Gasteiger partial charge in [-0.3, -0.25) is 4.79 Å². The molecule has 0 aromatic heterocycles. The van der Waals surface area contributed by atoms with Crippen molar-refractivity contribution >= 4 is 5.91 Å². The number of rotatable bonds is 7. The molecule has 0 aliphatic carbocycles. The second-order valence-corrected chi connectivity index (χ2v) is 3.84. The SMILES string of the molecule is CCOCCCNC(=O)c1cccc(CC#N)c1. The number of carbonyl (C=O) groups excluding carboxylic acids is 1. The minimum atomic E-state index is -0.105. The summed E-state index contributed by atoms with van der Waals surface area (Å²) < 4.78 is 5.18. The highest BCUT2D eigenvalue weighted by Gasteiger charge is 2.05. The molecular weight excluding hydrogens is 228 g/mol. The summed E-state index contributed by atoms with van der Waals surface area (Å²) in [5.41, 5.74) is 1.46. The number of nitrogens with one attached hydrogen (secondary N) is 1. The van der Waals surface area contributed by atoms with Gasteiger partial charge < -0.3 is 10.1 Å². The van der Waals surface area contributed by atoms with Gasteiger partial charge >= 0.3 is 0 Å². The van der Waals surface area contributed by atoms with Crippen LogP contribution in [0.25, 0.3) is 0 Å². The summed E-state index contributed by atoms with van der Waals surface area (Å²) in [6.45, 7) is 3.90. The van der Waals surface area contributed by atoms with E-state index in [9.17, 15) is 4.79 Å². The van der Waals surface area contributed by atoms with Crippen molar-refractivity contribution in [2.45, 2.75) is 19.8 Å². The number of nitriles is 1. The van der Waals surface area contributed by atoms with E-state index in [0.29, 0.717) is 31.7 Å². The number of benzene rings is 1. The van der Waals surface area contributed by atoms with Crippen LogP contribution in [0.15, 0.2) is 24.3 Å². The molecule has 96 valence electrons. The number of carbonyl (C=O) groups is 1. The van der Waals surface area contributed by atoms with Crippen LogP contribution in [0.5, 0.6) is 0 Å². The molecule has 0 unspecified atom stereocenters. The molecular formula is C14H18N2O2. The summed E-state index contributed by atoms with van der Waals surface area (Å²) in [5, 5.41) is 11.4. The lowest BCUT2D eigenvalue weighted by atomic mass is 10.1. The van der Waals surface area contributed by atoms with Gasteiger partial charge in [0, 0.05) is 25.3 Å². The van der Waals surface area contributed by atoms with Gasteiger partial charge in [-0.25, -0.2) is 0 Å². The Balaban J connectivity index is 2.41. The van der Waals surface area contributed by atoms with E-state index in [0.717, 1.165) is 12.0 Å². The molecule has 1 amide bonds. The molecule has 1 rings (SSSR count). The van der Waals surface area contributed by atoms with Crippen molar-refractivity contribution in [3.05, 3.63) is 35.4 Å². The zero-order chi connectivity index (χ0) is 13.2. The van der Waals surface area contributed by atoms with Gasteiger partial charge in [0.25, 0.3) is 5.91 Å². The molecule has 0 saturated heterocycles. The summed E-state index contributed by atoms with van der Waals surface area (Å²) in [7, 11) is 0. The van der Waals surface area contributed by atoms with Crippen molar-refractivity contribution in [1.29, 1.82) is 5.26 Å². The Bertz CT molecular complexity index is 424. The largest absolute Gasteiger partial charge is 0.382 e. The molecule has 0 bridgehead atoms. The molecule has 1 aromatic rings. The molecule has 1 aromatic carbocycles. The van der Waals surface area contributed by atoms with Crippen molar-refractivity contribution in [2.24, 2.45) is 0 Å². The number of ether oxygens (including phenoxy) is 1. The highest BCUT2D eigenvalue weighted by atomic mass is 16.5. The first-order chi connectivity index (χ1) is 8.77. The van der Waals surface area contributed by atoms with Crippen LogP contribution in [0.2, 0.25) is 0 Å². The molecule has 0 heterocycles. The van der Waals surface area contributed by atoms with Gasteiger partial charge in [0.15, 0.2) is 0 Å². The zero-order valence-corrected chi connectivity index (χ0v) is 10.6. The van der Waals surface area contributed by atoms with Gasteiger partial charge in [0.1, 0.15) is 0 Å². The zero-order valence-electron chi connectivity index (χ0n) is 10.6. The van der Waals surface area contributed by atoms with Crippen molar-refractivity contribution in [1.82, 2.24) is 5.32 Å². The second-order valence-electron chi connectivity index (χ2n) is 3.84. The molecule has 1 N–H and O–H groups in total. The van der Waals surface area contributed by atoms with Crippen LogP contribution in [0.1, 0.15) is 29.3 Å². The van der Waals surface area contributed by atoms with Gasteiger partial charge in [-0.1, -0.05) is 12.1 Å². The van der Waals surface area contributed by atoms with Crippen molar-refractivity contribution in [3.8, 4) is 6.07 Å². The topological polar surface area (TPSA) is 62.1 Å². The van der Waals surface area contributed by atoms with Gasteiger partial charge in [-0.2, -0.15) is 5.26 Å². The Morgan fingerprint density at radius 1 is 1.50 bits per heavy atom. The number of hydrogen-bond donors (Lipinski definition) is 1. The monoisotopic (exact) mass is 246 g/mol. The predicted molar refractivity (Wildman–Crippen MR) is 69.2 cm³/mol. The lowest BCUT2D eigenvalue weighted by Gasteiger charge is -2.06.